The molecule has 35 heavy (non-hydrogen) atoms. The summed E-state index contributed by atoms with van der Waals surface area (Å²) in [5, 5.41) is 10.9. The molecule has 1 amide bonds. The summed E-state index contributed by atoms with van der Waals surface area (Å²) in [6, 6.07) is 20.4. The maximum absolute atomic E-state index is 13.4. The number of ketones is 1. The van der Waals surface area contributed by atoms with Gasteiger partial charge in [0.15, 0.2) is 23.0 Å². The van der Waals surface area contributed by atoms with Crippen LogP contribution in [0.5, 0.6) is 17.2 Å². The fraction of sp³-hybridized carbons (Fsp3) is 0.143. The van der Waals surface area contributed by atoms with Crippen LogP contribution in [0.3, 0.4) is 0 Å². The van der Waals surface area contributed by atoms with Crippen molar-refractivity contribution in [3.05, 3.63) is 101 Å². The third-order valence-corrected chi connectivity index (χ3v) is 5.77. The minimum atomic E-state index is -0.886. The molecule has 1 N–H and O–H groups in total. The summed E-state index contributed by atoms with van der Waals surface area (Å²) in [5.41, 5.74) is 1.87. The molecule has 0 aromatic heterocycles. The van der Waals surface area contributed by atoms with Gasteiger partial charge in [0.1, 0.15) is 5.75 Å². The number of hydrogen-bond acceptors (Lipinski definition) is 6. The molecule has 178 valence electrons. The summed E-state index contributed by atoms with van der Waals surface area (Å²) < 4.78 is 16.0. The zero-order valence-corrected chi connectivity index (χ0v) is 19.6. The van der Waals surface area contributed by atoms with Gasteiger partial charge in [0.2, 0.25) is 0 Å². The van der Waals surface area contributed by atoms with Crippen LogP contribution in [0.4, 0.5) is 5.69 Å². The van der Waals surface area contributed by atoms with E-state index in [0.29, 0.717) is 28.5 Å². The van der Waals surface area contributed by atoms with Crippen molar-refractivity contribution in [2.75, 3.05) is 26.2 Å². The van der Waals surface area contributed by atoms with E-state index in [9.17, 15) is 14.7 Å². The summed E-state index contributed by atoms with van der Waals surface area (Å²) in [6.45, 7) is 0. The van der Waals surface area contributed by atoms with Crippen LogP contribution in [0.25, 0.3) is 6.08 Å². The van der Waals surface area contributed by atoms with Gasteiger partial charge < -0.3 is 19.3 Å². The molecule has 0 bridgehead atoms. The molecule has 4 rings (SSSR count). The Morgan fingerprint density at radius 3 is 2.20 bits per heavy atom. The van der Waals surface area contributed by atoms with Gasteiger partial charge in [-0.25, -0.2) is 0 Å². The molecular formula is C28H25NO6. The van der Waals surface area contributed by atoms with Crippen LogP contribution in [0, 0.1) is 0 Å². The summed E-state index contributed by atoms with van der Waals surface area (Å²) in [6.07, 6.45) is 3.01. The number of hydrogen-bond donors (Lipinski definition) is 1. The van der Waals surface area contributed by atoms with Gasteiger partial charge in [-0.15, -0.1) is 0 Å². The van der Waals surface area contributed by atoms with Crippen molar-refractivity contribution in [1.82, 2.24) is 0 Å². The van der Waals surface area contributed by atoms with Crippen molar-refractivity contribution in [2.24, 2.45) is 0 Å². The molecule has 0 fully saturated rings. The van der Waals surface area contributed by atoms with Gasteiger partial charge in [0.25, 0.3) is 5.91 Å². The minimum Gasteiger partial charge on any atom is -0.503 e. The van der Waals surface area contributed by atoms with Crippen molar-refractivity contribution >= 4 is 23.5 Å². The van der Waals surface area contributed by atoms with E-state index in [2.05, 4.69) is 0 Å². The van der Waals surface area contributed by atoms with Crippen molar-refractivity contribution in [2.45, 2.75) is 6.04 Å². The molecule has 1 aliphatic heterocycles. The Labute approximate surface area is 203 Å². The third kappa shape index (κ3) is 4.61. The number of nitrogens with zero attached hydrogens (tertiary/aromatic N) is 1. The lowest BCUT2D eigenvalue weighted by Gasteiger charge is -2.27. The molecule has 1 heterocycles. The summed E-state index contributed by atoms with van der Waals surface area (Å²) in [7, 11) is 4.58. The van der Waals surface area contributed by atoms with Crippen LogP contribution in [-0.4, -0.2) is 38.1 Å². The Morgan fingerprint density at radius 2 is 1.57 bits per heavy atom. The van der Waals surface area contributed by atoms with E-state index in [-0.39, 0.29) is 5.57 Å². The van der Waals surface area contributed by atoms with Crippen molar-refractivity contribution < 1.29 is 28.9 Å². The number of methoxy groups -OCH3 is 3. The highest BCUT2D eigenvalue weighted by molar-refractivity contribution is 6.19. The number of aliphatic hydroxyl groups is 1. The average molecular weight is 472 g/mol. The van der Waals surface area contributed by atoms with Crippen LogP contribution < -0.4 is 19.1 Å². The number of anilines is 1. The number of aliphatic hydroxyl groups excluding tert-OH is 1. The van der Waals surface area contributed by atoms with E-state index in [0.717, 1.165) is 5.56 Å². The lowest BCUT2D eigenvalue weighted by atomic mass is 9.95. The topological polar surface area (TPSA) is 85.3 Å². The molecule has 0 radical (unpaired) electrons. The number of rotatable bonds is 8. The molecule has 1 aliphatic rings. The fourth-order valence-corrected chi connectivity index (χ4v) is 4.03. The standard InChI is InChI=1S/C28H25NO6/c1-33-21-13-11-20(12-14-21)29-26(19-10-16-23(34-2)24(17-19)35-3)25(27(31)28(29)32)22(30)15-9-18-7-5-4-6-8-18/h4-17,26,31H,1-3H3/b15-9+/t26-/m0/s1. The van der Waals surface area contributed by atoms with E-state index in [1.165, 1.54) is 25.2 Å². The zero-order chi connectivity index (χ0) is 24.9. The number of carbonyl (C=O) groups excluding carboxylic acids is 2. The second kappa shape index (κ2) is 10.2. The summed E-state index contributed by atoms with van der Waals surface area (Å²) in [5.74, 6) is -0.195. The average Bonchev–Trinajstić information content (AvgIpc) is 3.17. The predicted molar refractivity (Wildman–Crippen MR) is 133 cm³/mol. The molecule has 7 nitrogen and oxygen atoms in total. The highest BCUT2D eigenvalue weighted by atomic mass is 16.5. The summed E-state index contributed by atoms with van der Waals surface area (Å²) >= 11 is 0. The van der Waals surface area contributed by atoms with E-state index in [1.807, 2.05) is 30.3 Å². The number of allylic oxidation sites excluding steroid dienone is 1. The first-order chi connectivity index (χ1) is 17.0. The Morgan fingerprint density at radius 1 is 0.886 bits per heavy atom. The van der Waals surface area contributed by atoms with Crippen molar-refractivity contribution in [1.29, 1.82) is 0 Å². The SMILES string of the molecule is COc1ccc(N2C(=O)C(O)=C(C(=O)/C=C/c3ccccc3)[C@@H]2c2ccc(OC)c(OC)c2)cc1. The minimum absolute atomic E-state index is 0.0229. The van der Waals surface area contributed by atoms with E-state index in [1.54, 1.807) is 55.7 Å². The highest BCUT2D eigenvalue weighted by Gasteiger charge is 2.44. The van der Waals surface area contributed by atoms with Crippen LogP contribution >= 0.6 is 0 Å². The maximum Gasteiger partial charge on any atom is 0.294 e. The zero-order valence-electron chi connectivity index (χ0n) is 19.6. The number of amides is 1. The predicted octanol–water partition coefficient (Wildman–Crippen LogP) is 4.89. The van der Waals surface area contributed by atoms with Crippen molar-refractivity contribution in [3.63, 3.8) is 0 Å². The Balaban J connectivity index is 1.82. The van der Waals surface area contributed by atoms with Gasteiger partial charge in [-0.1, -0.05) is 42.5 Å². The molecule has 3 aromatic rings. The van der Waals surface area contributed by atoms with Crippen LogP contribution in [-0.2, 0) is 9.59 Å². The second-order valence-corrected chi connectivity index (χ2v) is 7.76. The first-order valence-electron chi connectivity index (χ1n) is 10.9. The molecule has 3 aromatic carbocycles. The molecule has 0 aliphatic carbocycles. The summed E-state index contributed by atoms with van der Waals surface area (Å²) in [4.78, 5) is 28.0. The van der Waals surface area contributed by atoms with Crippen LogP contribution in [0.15, 0.2) is 90.2 Å². The van der Waals surface area contributed by atoms with E-state index < -0.39 is 23.5 Å². The molecule has 0 spiro atoms. The van der Waals surface area contributed by atoms with Crippen LogP contribution in [0.2, 0.25) is 0 Å². The smallest absolute Gasteiger partial charge is 0.294 e. The molecule has 0 saturated carbocycles. The molecule has 0 unspecified atom stereocenters. The van der Waals surface area contributed by atoms with E-state index in [4.69, 9.17) is 14.2 Å². The third-order valence-electron chi connectivity index (χ3n) is 5.77. The molecular weight excluding hydrogens is 446 g/mol. The Hall–Kier alpha value is -4.52. The van der Waals surface area contributed by atoms with Gasteiger partial charge in [0.05, 0.1) is 32.9 Å². The maximum atomic E-state index is 13.4. The Bertz CT molecular complexity index is 1290. The highest BCUT2D eigenvalue weighted by Crippen LogP contribution is 2.43. The van der Waals surface area contributed by atoms with Crippen molar-refractivity contribution in [3.8, 4) is 17.2 Å². The molecule has 7 heteroatoms. The van der Waals surface area contributed by atoms with Gasteiger partial charge in [-0.2, -0.15) is 0 Å². The first kappa shape index (κ1) is 23.6. The fourth-order valence-electron chi connectivity index (χ4n) is 4.03. The lowest BCUT2D eigenvalue weighted by Crippen LogP contribution is -2.30. The number of carbonyl (C=O) groups is 2. The largest absolute Gasteiger partial charge is 0.503 e. The monoisotopic (exact) mass is 471 g/mol. The first-order valence-corrected chi connectivity index (χ1v) is 10.9. The number of ether oxygens (including phenoxy) is 3. The lowest BCUT2D eigenvalue weighted by molar-refractivity contribution is -0.117. The van der Waals surface area contributed by atoms with E-state index >= 15 is 0 Å². The second-order valence-electron chi connectivity index (χ2n) is 7.76. The van der Waals surface area contributed by atoms with Gasteiger partial charge in [-0.05, 0) is 53.6 Å². The molecule has 0 saturated heterocycles. The quantitative estimate of drug-likeness (QED) is 0.471. The van der Waals surface area contributed by atoms with Crippen LogP contribution in [0.1, 0.15) is 17.2 Å². The Kier molecular flexibility index (Phi) is 6.87. The molecule has 1 atom stereocenters. The normalized spacial score (nSPS) is 15.6. The van der Waals surface area contributed by atoms with Gasteiger partial charge >= 0.3 is 0 Å². The van der Waals surface area contributed by atoms with Gasteiger partial charge in [0, 0.05) is 5.69 Å². The number of benzene rings is 3. The van der Waals surface area contributed by atoms with Gasteiger partial charge in [-0.3, -0.25) is 14.5 Å².